The van der Waals surface area contributed by atoms with Gasteiger partial charge in [0.25, 0.3) is 0 Å². The lowest BCUT2D eigenvalue weighted by molar-refractivity contribution is 0.660. The number of anilines is 6. The van der Waals surface area contributed by atoms with Crippen molar-refractivity contribution in [3.05, 3.63) is 260 Å². The molecule has 0 atom stereocenters. The highest BCUT2D eigenvalue weighted by Crippen LogP contribution is 2.52. The molecule has 2 heterocycles. The van der Waals surface area contributed by atoms with Crippen molar-refractivity contribution in [3.63, 3.8) is 0 Å². The first-order valence-corrected chi connectivity index (χ1v) is 25.3. The number of para-hydroxylation sites is 3. The molecule has 336 valence electrons. The molecule has 71 heavy (non-hydrogen) atoms. The molecule has 0 spiro atoms. The summed E-state index contributed by atoms with van der Waals surface area (Å²) in [6.07, 6.45) is 0. The number of nitrogens with zero attached hydrogens (tertiary/aromatic N) is 3. The molecule has 0 bridgehead atoms. The van der Waals surface area contributed by atoms with Crippen LogP contribution in [0.5, 0.6) is 0 Å². The lowest BCUT2D eigenvalue weighted by atomic mass is 9.82. The topological polar surface area (TPSA) is 11.4 Å². The maximum Gasteiger partial charge on any atom is 0.0541 e. The van der Waals surface area contributed by atoms with Gasteiger partial charge in [0.1, 0.15) is 0 Å². The summed E-state index contributed by atoms with van der Waals surface area (Å²) >= 11 is 1.85. The number of benzene rings is 11. The van der Waals surface area contributed by atoms with E-state index in [1.54, 1.807) is 0 Å². The van der Waals surface area contributed by atoms with Gasteiger partial charge in [-0.05, 0) is 142 Å². The van der Waals surface area contributed by atoms with E-state index in [4.69, 9.17) is 0 Å². The standard InChI is InChI=1S/C67H47N3S/c1-67(2)60-28-14-11-25-54(60)55-35-33-50(43-61(55)67)69(48-22-7-4-8-23-48)52-39-46(38-51(41-52)68(47-20-5-3-6-21-47)49-34-37-66-59(42-49)57-27-13-16-31-65(57)71-66)45-32-36-64-58(40-45)56-26-12-15-29-63(56)70(64)62-30-17-19-44-18-9-10-24-53(44)62/h3-43H,1-2H3. The Morgan fingerprint density at radius 3 is 1.72 bits per heavy atom. The van der Waals surface area contributed by atoms with Gasteiger partial charge in [0.15, 0.2) is 0 Å². The molecule has 0 saturated heterocycles. The number of thiophene rings is 1. The van der Waals surface area contributed by atoms with Crippen molar-refractivity contribution in [2.45, 2.75) is 19.3 Å². The van der Waals surface area contributed by atoms with Gasteiger partial charge in [-0.3, -0.25) is 0 Å². The fourth-order valence-electron chi connectivity index (χ4n) is 11.6. The Labute approximate surface area is 417 Å². The third kappa shape index (κ3) is 6.63. The average Bonchev–Trinajstić information content (AvgIpc) is 4.04. The zero-order valence-corrected chi connectivity index (χ0v) is 40.2. The molecule has 0 aliphatic heterocycles. The molecule has 4 heteroatoms. The Balaban J connectivity index is 1.02. The van der Waals surface area contributed by atoms with Gasteiger partial charge < -0.3 is 14.4 Å². The Kier molecular flexibility index (Phi) is 9.42. The van der Waals surface area contributed by atoms with Gasteiger partial charge in [0, 0.05) is 75.9 Å². The van der Waals surface area contributed by atoms with E-state index >= 15 is 0 Å². The fraction of sp³-hybridized carbons (Fsp3) is 0.0448. The van der Waals surface area contributed by atoms with Crippen molar-refractivity contribution >= 4 is 98.2 Å². The molecule has 0 radical (unpaired) electrons. The molecule has 0 fully saturated rings. The van der Waals surface area contributed by atoms with Gasteiger partial charge in [-0.2, -0.15) is 0 Å². The molecule has 0 saturated carbocycles. The molecule has 11 aromatic carbocycles. The van der Waals surface area contributed by atoms with E-state index in [0.29, 0.717) is 0 Å². The van der Waals surface area contributed by atoms with E-state index in [0.717, 1.165) is 45.3 Å². The second-order valence-electron chi connectivity index (χ2n) is 19.3. The van der Waals surface area contributed by atoms with Gasteiger partial charge in [-0.15, -0.1) is 11.3 Å². The summed E-state index contributed by atoms with van der Waals surface area (Å²) in [7, 11) is 0. The van der Waals surface area contributed by atoms with E-state index in [9.17, 15) is 0 Å². The number of rotatable bonds is 8. The summed E-state index contributed by atoms with van der Waals surface area (Å²) < 4.78 is 5.03. The molecule has 0 unspecified atom stereocenters. The summed E-state index contributed by atoms with van der Waals surface area (Å²) in [5.74, 6) is 0. The number of aromatic nitrogens is 1. The summed E-state index contributed by atoms with van der Waals surface area (Å²) in [6.45, 7) is 4.73. The highest BCUT2D eigenvalue weighted by atomic mass is 32.1. The second-order valence-corrected chi connectivity index (χ2v) is 20.4. The van der Waals surface area contributed by atoms with Crippen molar-refractivity contribution in [1.82, 2.24) is 4.57 Å². The second kappa shape index (κ2) is 16.2. The predicted octanol–water partition coefficient (Wildman–Crippen LogP) is 19.2. The number of fused-ring (bicyclic) bond motifs is 10. The summed E-state index contributed by atoms with van der Waals surface area (Å²) in [5.41, 5.74) is 17.5. The van der Waals surface area contributed by atoms with Crippen LogP contribution in [0.25, 0.3) is 80.7 Å². The molecule has 1 aliphatic carbocycles. The molecule has 14 rings (SSSR count). The van der Waals surface area contributed by atoms with E-state index in [1.165, 1.54) is 80.7 Å². The first-order chi connectivity index (χ1) is 35.0. The monoisotopic (exact) mass is 925 g/mol. The quantitative estimate of drug-likeness (QED) is 0.150. The summed E-state index contributed by atoms with van der Waals surface area (Å²) in [6, 6.07) is 91.9. The molecular formula is C67H47N3S. The van der Waals surface area contributed by atoms with Crippen LogP contribution >= 0.6 is 11.3 Å². The zero-order chi connectivity index (χ0) is 47.2. The van der Waals surface area contributed by atoms with Crippen molar-refractivity contribution in [1.29, 1.82) is 0 Å². The largest absolute Gasteiger partial charge is 0.310 e. The number of hydrogen-bond acceptors (Lipinski definition) is 3. The first-order valence-electron chi connectivity index (χ1n) is 24.5. The molecular weight excluding hydrogens is 879 g/mol. The van der Waals surface area contributed by atoms with E-state index in [1.807, 2.05) is 11.3 Å². The maximum absolute atomic E-state index is 2.45. The van der Waals surface area contributed by atoms with Crippen LogP contribution in [0.3, 0.4) is 0 Å². The van der Waals surface area contributed by atoms with Crippen molar-refractivity contribution in [2.75, 3.05) is 9.80 Å². The minimum absolute atomic E-state index is 0.160. The average molecular weight is 926 g/mol. The molecule has 2 aromatic heterocycles. The summed E-state index contributed by atoms with van der Waals surface area (Å²) in [4.78, 5) is 4.89. The van der Waals surface area contributed by atoms with Gasteiger partial charge in [0.05, 0.1) is 16.7 Å². The van der Waals surface area contributed by atoms with Gasteiger partial charge >= 0.3 is 0 Å². The lowest BCUT2D eigenvalue weighted by Gasteiger charge is -2.31. The molecule has 0 N–H and O–H groups in total. The van der Waals surface area contributed by atoms with Crippen LogP contribution in [-0.2, 0) is 5.41 Å². The maximum atomic E-state index is 2.45. The Morgan fingerprint density at radius 1 is 0.338 bits per heavy atom. The van der Waals surface area contributed by atoms with Crippen LogP contribution in [0.4, 0.5) is 34.1 Å². The van der Waals surface area contributed by atoms with Crippen LogP contribution in [0.15, 0.2) is 249 Å². The highest BCUT2D eigenvalue weighted by molar-refractivity contribution is 7.25. The van der Waals surface area contributed by atoms with Crippen LogP contribution in [0, 0.1) is 0 Å². The smallest absolute Gasteiger partial charge is 0.0541 e. The molecule has 3 nitrogen and oxygen atoms in total. The molecule has 0 amide bonds. The fourth-order valence-corrected chi connectivity index (χ4v) is 12.7. The molecule has 13 aromatic rings. The van der Waals surface area contributed by atoms with Crippen LogP contribution in [-0.4, -0.2) is 4.57 Å². The van der Waals surface area contributed by atoms with Gasteiger partial charge in [0.2, 0.25) is 0 Å². The minimum atomic E-state index is -0.160. The van der Waals surface area contributed by atoms with Crippen molar-refractivity contribution < 1.29 is 0 Å². The van der Waals surface area contributed by atoms with Crippen molar-refractivity contribution in [3.8, 4) is 27.9 Å². The third-order valence-corrected chi connectivity index (χ3v) is 16.1. The van der Waals surface area contributed by atoms with Gasteiger partial charge in [-0.1, -0.05) is 159 Å². The first kappa shape index (κ1) is 41.3. The predicted molar refractivity (Wildman–Crippen MR) is 304 cm³/mol. The summed E-state index contributed by atoms with van der Waals surface area (Å²) in [5, 5.41) is 7.45. The van der Waals surface area contributed by atoms with E-state index in [-0.39, 0.29) is 5.41 Å². The number of hydrogen-bond donors (Lipinski definition) is 0. The third-order valence-electron chi connectivity index (χ3n) is 14.9. The normalized spacial score (nSPS) is 12.8. The Bertz CT molecular complexity index is 4210. The van der Waals surface area contributed by atoms with Crippen molar-refractivity contribution in [2.24, 2.45) is 0 Å². The van der Waals surface area contributed by atoms with Crippen LogP contribution in [0.2, 0.25) is 0 Å². The van der Waals surface area contributed by atoms with Crippen LogP contribution in [0.1, 0.15) is 25.0 Å². The van der Waals surface area contributed by atoms with Crippen LogP contribution < -0.4 is 9.80 Å². The minimum Gasteiger partial charge on any atom is -0.310 e. The Hall–Kier alpha value is -8.70. The van der Waals surface area contributed by atoms with E-state index in [2.05, 4.69) is 277 Å². The SMILES string of the molecule is CC1(C)c2ccccc2-c2ccc(N(c3ccccc3)c3cc(-c4ccc5c(c4)c4ccccc4n5-c4cccc5ccccc45)cc(N(c4ccccc4)c4ccc5sc6ccccc6c5c4)c3)cc21. The highest BCUT2D eigenvalue weighted by Gasteiger charge is 2.36. The van der Waals surface area contributed by atoms with Gasteiger partial charge in [-0.25, -0.2) is 0 Å². The lowest BCUT2D eigenvalue weighted by Crippen LogP contribution is -2.17. The Morgan fingerprint density at radius 2 is 0.930 bits per heavy atom. The molecule has 1 aliphatic rings. The zero-order valence-electron chi connectivity index (χ0n) is 39.4. The van der Waals surface area contributed by atoms with E-state index < -0.39 is 0 Å².